The fourth-order valence-electron chi connectivity index (χ4n) is 1.72. The Kier molecular flexibility index (Phi) is 3.71. The first kappa shape index (κ1) is 13.4. The Bertz CT molecular complexity index is 623. The second kappa shape index (κ2) is 5.28. The van der Waals surface area contributed by atoms with Gasteiger partial charge in [-0.15, -0.1) is 0 Å². The second-order valence-corrected chi connectivity index (χ2v) is 4.62. The molecule has 0 radical (unpaired) electrons. The first-order chi connectivity index (χ1) is 8.95. The molecule has 0 aliphatic heterocycles. The van der Waals surface area contributed by atoms with Gasteiger partial charge in [0.2, 0.25) is 0 Å². The molecule has 1 amide bonds. The minimum atomic E-state index is -0.502. The average Bonchev–Trinajstić information content (AvgIpc) is 2.30. The normalized spacial score (nSPS) is 10.3. The van der Waals surface area contributed by atoms with Crippen molar-refractivity contribution in [2.24, 2.45) is 0 Å². The number of carbonyl (C=O) groups excluding carboxylic acids is 1. The smallest absolute Gasteiger partial charge is 0.255 e. The Balaban J connectivity index is 2.28. The van der Waals surface area contributed by atoms with Crippen molar-refractivity contribution in [3.05, 3.63) is 58.4 Å². The molecule has 0 aliphatic rings. The summed E-state index contributed by atoms with van der Waals surface area (Å²) in [4.78, 5) is 12.1. The molecule has 0 unspecified atom stereocenters. The molecule has 0 saturated heterocycles. The van der Waals surface area contributed by atoms with Gasteiger partial charge in [0, 0.05) is 22.0 Å². The number of nitrogens with one attached hydrogen (secondary N) is 1. The molecule has 0 bridgehead atoms. The summed E-state index contributed by atoms with van der Waals surface area (Å²) in [6.07, 6.45) is 0. The van der Waals surface area contributed by atoms with Crippen molar-refractivity contribution in [2.45, 2.75) is 6.92 Å². The number of hydrogen-bond acceptors (Lipinski definition) is 2. The van der Waals surface area contributed by atoms with Gasteiger partial charge in [0.25, 0.3) is 5.91 Å². The van der Waals surface area contributed by atoms with Crippen LogP contribution in [-0.2, 0) is 0 Å². The lowest BCUT2D eigenvalue weighted by Gasteiger charge is -2.09. The lowest BCUT2D eigenvalue weighted by atomic mass is 10.1. The minimum Gasteiger partial charge on any atom is -0.399 e. The van der Waals surface area contributed by atoms with Gasteiger partial charge >= 0.3 is 0 Å². The fraction of sp³-hybridized carbons (Fsp3) is 0.0714. The number of anilines is 2. The Morgan fingerprint density at radius 3 is 2.68 bits per heavy atom. The number of rotatable bonds is 2. The third-order valence-corrected chi connectivity index (χ3v) is 2.86. The summed E-state index contributed by atoms with van der Waals surface area (Å²) in [6, 6.07) is 8.88. The quantitative estimate of drug-likeness (QED) is 0.824. The highest BCUT2D eigenvalue weighted by molar-refractivity contribution is 6.31. The minimum absolute atomic E-state index is 0.248. The lowest BCUT2D eigenvalue weighted by Crippen LogP contribution is -2.13. The van der Waals surface area contributed by atoms with E-state index in [0.717, 1.165) is 5.56 Å². The average molecular weight is 279 g/mol. The van der Waals surface area contributed by atoms with Crippen molar-refractivity contribution in [3.8, 4) is 0 Å². The van der Waals surface area contributed by atoms with E-state index in [2.05, 4.69) is 5.32 Å². The van der Waals surface area contributed by atoms with Crippen molar-refractivity contribution in [1.29, 1.82) is 0 Å². The predicted octanol–water partition coefficient (Wildman–Crippen LogP) is 3.62. The van der Waals surface area contributed by atoms with Crippen molar-refractivity contribution in [2.75, 3.05) is 11.1 Å². The zero-order valence-corrected chi connectivity index (χ0v) is 11.0. The molecule has 0 atom stereocenters. The van der Waals surface area contributed by atoms with Gasteiger partial charge in [-0.3, -0.25) is 4.79 Å². The van der Waals surface area contributed by atoms with Crippen LogP contribution in [0.15, 0.2) is 36.4 Å². The topological polar surface area (TPSA) is 55.1 Å². The number of nitrogens with two attached hydrogens (primary N) is 1. The van der Waals surface area contributed by atoms with Crippen molar-refractivity contribution < 1.29 is 9.18 Å². The van der Waals surface area contributed by atoms with Gasteiger partial charge in [-0.2, -0.15) is 0 Å². The second-order valence-electron chi connectivity index (χ2n) is 4.19. The molecule has 2 aromatic rings. The Hall–Kier alpha value is -2.07. The first-order valence-corrected chi connectivity index (χ1v) is 5.97. The summed E-state index contributed by atoms with van der Waals surface area (Å²) < 4.78 is 13.2. The molecule has 2 rings (SSSR count). The van der Waals surface area contributed by atoms with Crippen LogP contribution >= 0.6 is 11.6 Å². The van der Waals surface area contributed by atoms with Gasteiger partial charge in [-0.25, -0.2) is 4.39 Å². The van der Waals surface area contributed by atoms with Crippen LogP contribution in [-0.4, -0.2) is 5.91 Å². The number of nitrogen functional groups attached to an aromatic ring is 1. The molecule has 98 valence electrons. The van der Waals surface area contributed by atoms with Gasteiger partial charge in [0.15, 0.2) is 0 Å². The van der Waals surface area contributed by atoms with Crippen LogP contribution in [0.3, 0.4) is 0 Å². The summed E-state index contributed by atoms with van der Waals surface area (Å²) in [6.45, 7) is 1.80. The highest BCUT2D eigenvalue weighted by Gasteiger charge is 2.10. The van der Waals surface area contributed by atoms with E-state index in [-0.39, 0.29) is 11.6 Å². The summed E-state index contributed by atoms with van der Waals surface area (Å²) in [5, 5.41) is 3.06. The van der Waals surface area contributed by atoms with Crippen LogP contribution < -0.4 is 11.1 Å². The highest BCUT2D eigenvalue weighted by Crippen LogP contribution is 2.19. The predicted molar refractivity (Wildman–Crippen MR) is 75.0 cm³/mol. The summed E-state index contributed by atoms with van der Waals surface area (Å²) in [5.41, 5.74) is 7.29. The number of carbonyl (C=O) groups is 1. The van der Waals surface area contributed by atoms with Gasteiger partial charge in [-0.1, -0.05) is 17.7 Å². The molecule has 0 heterocycles. The maximum Gasteiger partial charge on any atom is 0.255 e. The number of halogens is 2. The van der Waals surface area contributed by atoms with E-state index in [1.807, 2.05) is 0 Å². The van der Waals surface area contributed by atoms with E-state index in [0.29, 0.717) is 16.3 Å². The molecule has 3 N–H and O–H groups in total. The van der Waals surface area contributed by atoms with Crippen LogP contribution in [0.1, 0.15) is 15.9 Å². The summed E-state index contributed by atoms with van der Waals surface area (Å²) >= 11 is 5.85. The van der Waals surface area contributed by atoms with Gasteiger partial charge < -0.3 is 11.1 Å². The number of aryl methyl sites for hydroxylation is 1. The summed E-state index contributed by atoms with van der Waals surface area (Å²) in [7, 11) is 0. The zero-order valence-electron chi connectivity index (χ0n) is 10.2. The molecule has 2 aromatic carbocycles. The molecule has 19 heavy (non-hydrogen) atoms. The molecule has 0 aromatic heterocycles. The Morgan fingerprint density at radius 1 is 1.26 bits per heavy atom. The van der Waals surface area contributed by atoms with Crippen LogP contribution in [0.2, 0.25) is 5.02 Å². The standard InChI is InChI=1S/C14H12ClFN2O/c1-8-2-3-9(15)4-13(8)14(19)18-12-6-10(16)5-11(17)7-12/h2-7H,17H2,1H3,(H,18,19). The molecule has 3 nitrogen and oxygen atoms in total. The monoisotopic (exact) mass is 278 g/mol. The maximum atomic E-state index is 13.2. The first-order valence-electron chi connectivity index (χ1n) is 5.59. The molecule has 0 aliphatic carbocycles. The van der Waals surface area contributed by atoms with Crippen molar-refractivity contribution in [3.63, 3.8) is 0 Å². The molecular formula is C14H12ClFN2O. The Labute approximate surface area is 115 Å². The molecular weight excluding hydrogens is 267 g/mol. The number of amides is 1. The summed E-state index contributed by atoms with van der Waals surface area (Å²) in [5.74, 6) is -0.858. The number of hydrogen-bond donors (Lipinski definition) is 2. The molecule has 0 spiro atoms. The SMILES string of the molecule is Cc1ccc(Cl)cc1C(=O)Nc1cc(N)cc(F)c1. The molecule has 0 saturated carbocycles. The maximum absolute atomic E-state index is 13.2. The van der Waals surface area contributed by atoms with E-state index in [9.17, 15) is 9.18 Å². The number of benzene rings is 2. The Morgan fingerprint density at radius 2 is 2.00 bits per heavy atom. The van der Waals surface area contributed by atoms with Crippen LogP contribution in [0.4, 0.5) is 15.8 Å². The highest BCUT2D eigenvalue weighted by atomic mass is 35.5. The van der Waals surface area contributed by atoms with E-state index in [1.165, 1.54) is 18.2 Å². The largest absolute Gasteiger partial charge is 0.399 e. The van der Waals surface area contributed by atoms with E-state index >= 15 is 0 Å². The molecule has 5 heteroatoms. The van der Waals surface area contributed by atoms with Gasteiger partial charge in [0.1, 0.15) is 5.82 Å². The zero-order chi connectivity index (χ0) is 14.0. The van der Waals surface area contributed by atoms with Crippen molar-refractivity contribution in [1.82, 2.24) is 0 Å². The van der Waals surface area contributed by atoms with Crippen molar-refractivity contribution >= 4 is 28.9 Å². The van der Waals surface area contributed by atoms with E-state index < -0.39 is 5.82 Å². The third kappa shape index (κ3) is 3.23. The lowest BCUT2D eigenvalue weighted by molar-refractivity contribution is 0.102. The van der Waals surface area contributed by atoms with Crippen LogP contribution in [0, 0.1) is 12.7 Å². The van der Waals surface area contributed by atoms with Crippen LogP contribution in [0.5, 0.6) is 0 Å². The third-order valence-electron chi connectivity index (χ3n) is 2.62. The van der Waals surface area contributed by atoms with Gasteiger partial charge in [-0.05, 0) is 42.8 Å². The van der Waals surface area contributed by atoms with E-state index in [1.54, 1.807) is 25.1 Å². The fourth-order valence-corrected chi connectivity index (χ4v) is 1.89. The molecule has 0 fully saturated rings. The van der Waals surface area contributed by atoms with E-state index in [4.69, 9.17) is 17.3 Å². The van der Waals surface area contributed by atoms with Gasteiger partial charge in [0.05, 0.1) is 0 Å². The van der Waals surface area contributed by atoms with Crippen LogP contribution in [0.25, 0.3) is 0 Å².